The Hall–Kier alpha value is -1.38. The van der Waals surface area contributed by atoms with Crippen LogP contribution in [0.2, 0.25) is 0 Å². The third-order valence-corrected chi connectivity index (χ3v) is 5.27. The van der Waals surface area contributed by atoms with Crippen molar-refractivity contribution in [3.8, 4) is 6.07 Å². The van der Waals surface area contributed by atoms with Gasteiger partial charge in [0.05, 0.1) is 12.1 Å². The summed E-state index contributed by atoms with van der Waals surface area (Å²) in [5, 5.41) is 12.5. The highest BCUT2D eigenvalue weighted by Gasteiger charge is 2.25. The van der Waals surface area contributed by atoms with E-state index in [1.165, 1.54) is 25.0 Å². The summed E-state index contributed by atoms with van der Waals surface area (Å²) in [6, 6.07) is 2.91. The number of H-pyrrole nitrogens is 1. The predicted octanol–water partition coefficient (Wildman–Crippen LogP) is 2.74. The van der Waals surface area contributed by atoms with E-state index in [9.17, 15) is 0 Å². The lowest BCUT2D eigenvalue weighted by Gasteiger charge is -2.25. The maximum Gasteiger partial charge on any atom is 0.123 e. The van der Waals surface area contributed by atoms with Gasteiger partial charge in [0, 0.05) is 29.8 Å². The van der Waals surface area contributed by atoms with Crippen LogP contribution in [0, 0.1) is 17.2 Å². The fourth-order valence-corrected chi connectivity index (χ4v) is 3.82. The Morgan fingerprint density at radius 1 is 1.27 bits per heavy atom. The molecular weight excluding hydrogens is 274 g/mol. The third-order valence-electron chi connectivity index (χ3n) is 5.27. The molecule has 22 heavy (non-hydrogen) atoms. The van der Waals surface area contributed by atoms with Gasteiger partial charge in [0.15, 0.2) is 0 Å². The van der Waals surface area contributed by atoms with E-state index in [0.29, 0.717) is 12.0 Å². The van der Waals surface area contributed by atoms with Gasteiger partial charge in [-0.05, 0) is 51.5 Å². The minimum atomic E-state index is -0.0141. The van der Waals surface area contributed by atoms with Gasteiger partial charge in [-0.25, -0.2) is 4.98 Å². The molecule has 1 aliphatic carbocycles. The Morgan fingerprint density at radius 3 is 2.77 bits per heavy atom. The number of hydrogen-bond acceptors (Lipinski definition) is 4. The zero-order valence-electron chi connectivity index (χ0n) is 13.2. The zero-order valence-corrected chi connectivity index (χ0v) is 13.2. The number of nitrogens with zero attached hydrogens (tertiary/aromatic N) is 2. The van der Waals surface area contributed by atoms with Crippen molar-refractivity contribution in [2.75, 3.05) is 6.54 Å². The Morgan fingerprint density at radius 2 is 2.09 bits per heavy atom. The molecule has 1 aliphatic heterocycles. The molecule has 1 saturated carbocycles. The van der Waals surface area contributed by atoms with Crippen LogP contribution in [0.1, 0.15) is 74.8 Å². The van der Waals surface area contributed by atoms with Gasteiger partial charge in [0.25, 0.3) is 0 Å². The van der Waals surface area contributed by atoms with Crippen molar-refractivity contribution in [2.45, 2.75) is 69.4 Å². The van der Waals surface area contributed by atoms with Gasteiger partial charge in [-0.3, -0.25) is 0 Å². The van der Waals surface area contributed by atoms with Crippen molar-refractivity contribution in [1.29, 1.82) is 5.26 Å². The van der Waals surface area contributed by atoms with Gasteiger partial charge >= 0.3 is 0 Å². The Labute approximate surface area is 132 Å². The van der Waals surface area contributed by atoms with E-state index in [1.54, 1.807) is 0 Å². The topological polar surface area (TPSA) is 90.5 Å². The SMILES string of the molecule is N#CC1CCC(c2cnc([C@@H](N)CC3CCCCN3)[nH]2)CC1. The first-order valence-corrected chi connectivity index (χ1v) is 8.69. The molecule has 0 bridgehead atoms. The van der Waals surface area contributed by atoms with Crippen LogP contribution in [0.4, 0.5) is 0 Å². The standard InChI is InChI=1S/C17H27N5/c18-10-12-4-6-13(7-5-12)16-11-21-17(22-16)15(19)9-14-3-1-2-8-20-14/h11-15,20H,1-9,19H2,(H,21,22)/t12?,13?,14?,15-/m0/s1. The van der Waals surface area contributed by atoms with Gasteiger partial charge in [-0.15, -0.1) is 0 Å². The Bertz CT molecular complexity index is 503. The van der Waals surface area contributed by atoms with Crippen molar-refractivity contribution in [3.05, 3.63) is 17.7 Å². The second kappa shape index (κ2) is 7.26. The molecule has 4 N–H and O–H groups in total. The van der Waals surface area contributed by atoms with Crippen molar-refractivity contribution in [1.82, 2.24) is 15.3 Å². The molecule has 1 saturated heterocycles. The molecule has 5 heteroatoms. The van der Waals surface area contributed by atoms with Crippen LogP contribution >= 0.6 is 0 Å². The smallest absolute Gasteiger partial charge is 0.123 e. The van der Waals surface area contributed by atoms with Gasteiger partial charge < -0.3 is 16.0 Å². The van der Waals surface area contributed by atoms with Crippen LogP contribution < -0.4 is 11.1 Å². The average Bonchev–Trinajstić information content (AvgIpc) is 3.06. The second-order valence-corrected chi connectivity index (χ2v) is 6.89. The van der Waals surface area contributed by atoms with Crippen LogP contribution in [-0.4, -0.2) is 22.6 Å². The number of nitrogens with two attached hydrogens (primary N) is 1. The van der Waals surface area contributed by atoms with Crippen LogP contribution in [-0.2, 0) is 0 Å². The molecule has 0 radical (unpaired) electrons. The number of imidazole rings is 1. The van der Waals surface area contributed by atoms with Gasteiger partial charge in [-0.1, -0.05) is 6.42 Å². The maximum absolute atomic E-state index is 8.99. The molecule has 0 amide bonds. The first kappa shape index (κ1) is 15.5. The molecule has 0 spiro atoms. The fourth-order valence-electron chi connectivity index (χ4n) is 3.82. The maximum atomic E-state index is 8.99. The Balaban J connectivity index is 1.55. The lowest BCUT2D eigenvalue weighted by molar-refractivity contribution is 0.357. The largest absolute Gasteiger partial charge is 0.344 e. The molecule has 2 aliphatic rings. The van der Waals surface area contributed by atoms with Gasteiger partial charge in [0.2, 0.25) is 0 Å². The lowest BCUT2D eigenvalue weighted by atomic mass is 9.81. The highest BCUT2D eigenvalue weighted by molar-refractivity contribution is 5.11. The van der Waals surface area contributed by atoms with E-state index < -0.39 is 0 Å². The monoisotopic (exact) mass is 301 g/mol. The van der Waals surface area contributed by atoms with Crippen molar-refractivity contribution < 1.29 is 0 Å². The summed E-state index contributed by atoms with van der Waals surface area (Å²) in [6.07, 6.45) is 10.9. The number of aromatic nitrogens is 2. The molecule has 1 aromatic rings. The normalized spacial score (nSPS) is 30.6. The molecule has 3 rings (SSSR count). The van der Waals surface area contributed by atoms with E-state index in [1.807, 2.05) is 6.20 Å². The van der Waals surface area contributed by atoms with E-state index >= 15 is 0 Å². The van der Waals surface area contributed by atoms with E-state index in [-0.39, 0.29) is 12.0 Å². The first-order valence-electron chi connectivity index (χ1n) is 8.69. The molecular formula is C17H27N5. The molecule has 2 fully saturated rings. The fraction of sp³-hybridized carbons (Fsp3) is 0.765. The highest BCUT2D eigenvalue weighted by Crippen LogP contribution is 2.35. The van der Waals surface area contributed by atoms with Gasteiger partial charge in [0.1, 0.15) is 5.82 Å². The van der Waals surface area contributed by atoms with Crippen LogP contribution in [0.25, 0.3) is 0 Å². The Kier molecular flexibility index (Phi) is 5.12. The average molecular weight is 301 g/mol. The number of piperidine rings is 1. The summed E-state index contributed by atoms with van der Waals surface area (Å²) in [6.45, 7) is 1.11. The summed E-state index contributed by atoms with van der Waals surface area (Å²) in [5.74, 6) is 1.69. The van der Waals surface area contributed by atoms with Crippen molar-refractivity contribution in [2.24, 2.45) is 11.7 Å². The van der Waals surface area contributed by atoms with Crippen LogP contribution in [0.15, 0.2) is 6.20 Å². The molecule has 2 heterocycles. The van der Waals surface area contributed by atoms with Crippen LogP contribution in [0.3, 0.4) is 0 Å². The molecule has 1 aromatic heterocycles. The lowest BCUT2D eigenvalue weighted by Crippen LogP contribution is -2.36. The number of rotatable bonds is 4. The minimum Gasteiger partial charge on any atom is -0.344 e. The van der Waals surface area contributed by atoms with E-state index in [4.69, 9.17) is 11.0 Å². The summed E-state index contributed by atoms with van der Waals surface area (Å²) in [5.41, 5.74) is 7.54. The number of nitriles is 1. The number of hydrogen-bond donors (Lipinski definition) is 3. The van der Waals surface area contributed by atoms with Crippen LogP contribution in [0.5, 0.6) is 0 Å². The first-order chi connectivity index (χ1) is 10.8. The quantitative estimate of drug-likeness (QED) is 0.797. The molecule has 0 aromatic carbocycles. The number of nitrogens with one attached hydrogen (secondary N) is 2. The third kappa shape index (κ3) is 3.68. The molecule has 1 unspecified atom stereocenters. The van der Waals surface area contributed by atoms with E-state index in [2.05, 4.69) is 21.4 Å². The molecule has 120 valence electrons. The summed E-state index contributed by atoms with van der Waals surface area (Å²) in [4.78, 5) is 7.98. The summed E-state index contributed by atoms with van der Waals surface area (Å²) in [7, 11) is 0. The number of aromatic amines is 1. The van der Waals surface area contributed by atoms with Crippen molar-refractivity contribution in [3.63, 3.8) is 0 Å². The summed E-state index contributed by atoms with van der Waals surface area (Å²) >= 11 is 0. The summed E-state index contributed by atoms with van der Waals surface area (Å²) < 4.78 is 0. The molecule has 5 nitrogen and oxygen atoms in total. The second-order valence-electron chi connectivity index (χ2n) is 6.89. The van der Waals surface area contributed by atoms with E-state index in [0.717, 1.165) is 44.5 Å². The predicted molar refractivity (Wildman–Crippen MR) is 86.1 cm³/mol. The van der Waals surface area contributed by atoms with Gasteiger partial charge in [-0.2, -0.15) is 5.26 Å². The molecule has 2 atom stereocenters. The minimum absolute atomic E-state index is 0.0141. The zero-order chi connectivity index (χ0) is 15.4. The highest BCUT2D eigenvalue weighted by atomic mass is 15.0. The van der Waals surface area contributed by atoms with Crippen molar-refractivity contribution >= 4 is 0 Å².